The standard InChI is InChI=1S/C21H14N2O3/c24-20(15-9-3-1-4-10-15)23(21(25)16-11-5-2-6-12-16)19-17-13-7-8-14-18(17)26-22-19/h1-14H. The molecule has 0 unspecified atom stereocenters. The molecule has 2 amide bonds. The van der Waals surface area contributed by atoms with Crippen LogP contribution in [0.3, 0.4) is 0 Å². The third-order valence-electron chi connectivity index (χ3n) is 4.02. The minimum absolute atomic E-state index is 0.184. The van der Waals surface area contributed by atoms with Crippen LogP contribution in [0.25, 0.3) is 11.0 Å². The summed E-state index contributed by atoms with van der Waals surface area (Å²) in [5.74, 6) is -0.736. The van der Waals surface area contributed by atoms with E-state index in [0.717, 1.165) is 4.90 Å². The molecule has 1 heterocycles. The summed E-state index contributed by atoms with van der Waals surface area (Å²) in [6.07, 6.45) is 0. The Bertz CT molecular complexity index is 1020. The quantitative estimate of drug-likeness (QED) is 0.520. The summed E-state index contributed by atoms with van der Waals surface area (Å²) < 4.78 is 5.31. The summed E-state index contributed by atoms with van der Waals surface area (Å²) in [5.41, 5.74) is 1.29. The largest absolute Gasteiger partial charge is 0.354 e. The van der Waals surface area contributed by atoms with Crippen molar-refractivity contribution in [3.8, 4) is 0 Å². The minimum Gasteiger partial charge on any atom is -0.354 e. The van der Waals surface area contributed by atoms with Crippen LogP contribution in [-0.2, 0) is 0 Å². The Morgan fingerprint density at radius 3 is 1.77 bits per heavy atom. The predicted octanol–water partition coefficient (Wildman–Crippen LogP) is 4.32. The number of nitrogens with zero attached hydrogens (tertiary/aromatic N) is 2. The maximum absolute atomic E-state index is 13.1. The third kappa shape index (κ3) is 2.75. The highest BCUT2D eigenvalue weighted by Gasteiger charge is 2.30. The smallest absolute Gasteiger partial charge is 0.266 e. The molecule has 26 heavy (non-hydrogen) atoms. The van der Waals surface area contributed by atoms with E-state index in [9.17, 15) is 9.59 Å². The van der Waals surface area contributed by atoms with Crippen molar-refractivity contribution in [1.82, 2.24) is 5.16 Å². The number of imide groups is 1. The lowest BCUT2D eigenvalue weighted by Gasteiger charge is -2.18. The lowest BCUT2D eigenvalue weighted by Crippen LogP contribution is -2.37. The minimum atomic E-state index is -0.460. The third-order valence-corrected chi connectivity index (χ3v) is 4.02. The first kappa shape index (κ1) is 15.8. The number of fused-ring (bicyclic) bond motifs is 1. The average Bonchev–Trinajstić information content (AvgIpc) is 3.13. The number of amides is 2. The molecular formula is C21H14N2O3. The van der Waals surface area contributed by atoms with Crippen molar-refractivity contribution in [3.05, 3.63) is 96.1 Å². The lowest BCUT2D eigenvalue weighted by atomic mass is 10.1. The number of para-hydroxylation sites is 1. The Morgan fingerprint density at radius 2 is 1.19 bits per heavy atom. The van der Waals surface area contributed by atoms with E-state index in [-0.39, 0.29) is 5.82 Å². The Labute approximate surface area is 149 Å². The second-order valence-electron chi connectivity index (χ2n) is 5.68. The van der Waals surface area contributed by atoms with Gasteiger partial charge in [0.1, 0.15) is 0 Å². The second kappa shape index (κ2) is 6.64. The lowest BCUT2D eigenvalue weighted by molar-refractivity contribution is 0.0895. The highest BCUT2D eigenvalue weighted by Crippen LogP contribution is 2.28. The Kier molecular flexibility index (Phi) is 4.03. The van der Waals surface area contributed by atoms with E-state index in [0.29, 0.717) is 22.1 Å². The average molecular weight is 342 g/mol. The van der Waals surface area contributed by atoms with Gasteiger partial charge in [0.15, 0.2) is 11.4 Å². The van der Waals surface area contributed by atoms with Gasteiger partial charge in [0.05, 0.1) is 5.39 Å². The molecule has 3 aromatic carbocycles. The number of carbonyl (C=O) groups is 2. The topological polar surface area (TPSA) is 63.4 Å². The molecule has 4 rings (SSSR count). The Morgan fingerprint density at radius 1 is 0.692 bits per heavy atom. The molecule has 0 N–H and O–H groups in total. The summed E-state index contributed by atoms with van der Waals surface area (Å²) in [6, 6.07) is 24.4. The van der Waals surface area contributed by atoms with Gasteiger partial charge in [0, 0.05) is 11.1 Å². The van der Waals surface area contributed by atoms with Crippen LogP contribution >= 0.6 is 0 Å². The number of aromatic nitrogens is 1. The number of carbonyl (C=O) groups excluding carboxylic acids is 2. The van der Waals surface area contributed by atoms with E-state index in [4.69, 9.17) is 4.52 Å². The molecule has 0 spiro atoms. The first-order valence-corrected chi connectivity index (χ1v) is 8.09. The van der Waals surface area contributed by atoms with Crippen LogP contribution in [0.5, 0.6) is 0 Å². The zero-order valence-corrected chi connectivity index (χ0v) is 13.7. The van der Waals surface area contributed by atoms with Crippen molar-refractivity contribution in [2.24, 2.45) is 0 Å². The van der Waals surface area contributed by atoms with Gasteiger partial charge in [0.2, 0.25) is 0 Å². The summed E-state index contributed by atoms with van der Waals surface area (Å²) in [6.45, 7) is 0. The van der Waals surface area contributed by atoms with Gasteiger partial charge in [-0.1, -0.05) is 53.7 Å². The molecule has 1 aromatic heterocycles. The summed E-state index contributed by atoms with van der Waals surface area (Å²) in [7, 11) is 0. The van der Waals surface area contributed by atoms with Crippen LogP contribution in [0.4, 0.5) is 5.82 Å². The molecule has 0 aliphatic rings. The van der Waals surface area contributed by atoms with Crippen molar-refractivity contribution in [1.29, 1.82) is 0 Å². The molecule has 0 radical (unpaired) electrons. The number of hydrogen-bond acceptors (Lipinski definition) is 4. The highest BCUT2D eigenvalue weighted by atomic mass is 16.5. The van der Waals surface area contributed by atoms with Crippen molar-refractivity contribution in [2.75, 3.05) is 4.90 Å². The summed E-state index contributed by atoms with van der Waals surface area (Å²) >= 11 is 0. The number of benzene rings is 3. The van der Waals surface area contributed by atoms with Crippen LogP contribution < -0.4 is 4.90 Å². The van der Waals surface area contributed by atoms with Gasteiger partial charge in [-0.25, -0.2) is 4.90 Å². The zero-order chi connectivity index (χ0) is 17.9. The Hall–Kier alpha value is -3.73. The molecular weight excluding hydrogens is 328 g/mol. The maximum Gasteiger partial charge on any atom is 0.266 e. The summed E-state index contributed by atoms with van der Waals surface area (Å²) in [5, 5.41) is 4.60. The van der Waals surface area contributed by atoms with Gasteiger partial charge in [-0.3, -0.25) is 9.59 Å². The summed E-state index contributed by atoms with van der Waals surface area (Å²) in [4.78, 5) is 27.3. The Balaban J connectivity index is 1.87. The van der Waals surface area contributed by atoms with Crippen LogP contribution in [0, 0.1) is 0 Å². The van der Waals surface area contributed by atoms with Crippen molar-refractivity contribution in [3.63, 3.8) is 0 Å². The molecule has 4 aromatic rings. The van der Waals surface area contributed by atoms with Gasteiger partial charge in [0.25, 0.3) is 11.8 Å². The van der Waals surface area contributed by atoms with Gasteiger partial charge in [-0.2, -0.15) is 0 Å². The van der Waals surface area contributed by atoms with E-state index in [1.165, 1.54) is 0 Å². The van der Waals surface area contributed by atoms with Gasteiger partial charge < -0.3 is 4.52 Å². The van der Waals surface area contributed by atoms with Gasteiger partial charge in [-0.15, -0.1) is 0 Å². The molecule has 5 nitrogen and oxygen atoms in total. The van der Waals surface area contributed by atoms with E-state index >= 15 is 0 Å². The monoisotopic (exact) mass is 342 g/mol. The SMILES string of the molecule is O=C(c1ccccc1)N(C(=O)c1ccccc1)c1noc2ccccc12. The zero-order valence-electron chi connectivity index (χ0n) is 13.7. The van der Waals surface area contributed by atoms with E-state index in [1.807, 2.05) is 12.1 Å². The molecule has 0 aliphatic carbocycles. The van der Waals surface area contributed by atoms with Crippen molar-refractivity contribution < 1.29 is 14.1 Å². The second-order valence-corrected chi connectivity index (χ2v) is 5.68. The van der Waals surface area contributed by atoms with Crippen LogP contribution in [0.15, 0.2) is 89.5 Å². The van der Waals surface area contributed by atoms with Gasteiger partial charge >= 0.3 is 0 Å². The molecule has 0 aliphatic heterocycles. The molecule has 0 saturated carbocycles. The van der Waals surface area contributed by atoms with Crippen LogP contribution in [0.1, 0.15) is 20.7 Å². The van der Waals surface area contributed by atoms with Crippen LogP contribution in [0.2, 0.25) is 0 Å². The fraction of sp³-hybridized carbons (Fsp3) is 0. The van der Waals surface area contributed by atoms with Crippen molar-refractivity contribution >= 4 is 28.6 Å². The highest BCUT2D eigenvalue weighted by molar-refractivity contribution is 6.27. The van der Waals surface area contributed by atoms with Crippen molar-refractivity contribution in [2.45, 2.75) is 0 Å². The molecule has 0 bridgehead atoms. The molecule has 0 saturated heterocycles. The van der Waals surface area contributed by atoms with Gasteiger partial charge in [-0.05, 0) is 36.4 Å². The number of anilines is 1. The number of hydrogen-bond donors (Lipinski definition) is 0. The van der Waals surface area contributed by atoms with Crippen LogP contribution in [-0.4, -0.2) is 17.0 Å². The van der Waals surface area contributed by atoms with E-state index < -0.39 is 11.8 Å². The number of rotatable bonds is 3. The first-order valence-electron chi connectivity index (χ1n) is 8.09. The molecule has 0 atom stereocenters. The predicted molar refractivity (Wildman–Crippen MR) is 98.0 cm³/mol. The fourth-order valence-corrected chi connectivity index (χ4v) is 2.74. The first-order chi connectivity index (χ1) is 12.8. The van der Waals surface area contributed by atoms with E-state index in [2.05, 4.69) is 5.16 Å². The maximum atomic E-state index is 13.1. The molecule has 126 valence electrons. The molecule has 0 fully saturated rings. The molecule has 5 heteroatoms. The van der Waals surface area contributed by atoms with E-state index in [1.54, 1.807) is 72.8 Å². The normalized spacial score (nSPS) is 10.6. The fourth-order valence-electron chi connectivity index (χ4n) is 2.74.